The van der Waals surface area contributed by atoms with E-state index in [4.69, 9.17) is 16.7 Å². The van der Waals surface area contributed by atoms with E-state index in [9.17, 15) is 8.42 Å². The highest BCUT2D eigenvalue weighted by Gasteiger charge is 2.14. The van der Waals surface area contributed by atoms with Gasteiger partial charge in [0.25, 0.3) is 0 Å². The number of benzene rings is 3. The number of sulfone groups is 1. The first-order valence-corrected chi connectivity index (χ1v) is 11.8. The second-order valence-corrected chi connectivity index (χ2v) is 9.97. The number of hydrogen-bond acceptors (Lipinski definition) is 3. The predicted molar refractivity (Wildman–Crippen MR) is 120 cm³/mol. The highest BCUT2D eigenvalue weighted by Crippen LogP contribution is 2.30. The second-order valence-electron chi connectivity index (χ2n) is 6.61. The summed E-state index contributed by atoms with van der Waals surface area (Å²) in [5.74, 6) is 0. The molecule has 0 unspecified atom stereocenters. The van der Waals surface area contributed by atoms with Crippen molar-refractivity contribution in [3.05, 3.63) is 88.4 Å². The zero-order chi connectivity index (χ0) is 20.6. The van der Waals surface area contributed by atoms with Crippen LogP contribution in [0.15, 0.2) is 88.2 Å². The lowest BCUT2D eigenvalue weighted by atomic mass is 10.1. The number of halogens is 2. The SMILES string of the molecule is CS(=O)(=O)c1ccc(-n2nc(-c3ccc(Cl)cc3)cc2-c2ccc(Br)cc2)cc1. The molecule has 0 aliphatic heterocycles. The molecular weight excluding hydrogens is 472 g/mol. The van der Waals surface area contributed by atoms with E-state index >= 15 is 0 Å². The van der Waals surface area contributed by atoms with Crippen LogP contribution in [-0.4, -0.2) is 24.5 Å². The zero-order valence-corrected chi connectivity index (χ0v) is 18.5. The van der Waals surface area contributed by atoms with Crippen molar-refractivity contribution in [2.75, 3.05) is 6.26 Å². The summed E-state index contributed by atoms with van der Waals surface area (Å²) in [6, 6.07) is 24.2. The van der Waals surface area contributed by atoms with Gasteiger partial charge >= 0.3 is 0 Å². The Kier molecular flexibility index (Phi) is 5.34. The van der Waals surface area contributed by atoms with Gasteiger partial charge in [-0.05, 0) is 54.6 Å². The molecule has 4 nitrogen and oxygen atoms in total. The fourth-order valence-electron chi connectivity index (χ4n) is 3.00. The molecule has 0 atom stereocenters. The van der Waals surface area contributed by atoms with E-state index in [1.807, 2.05) is 59.3 Å². The molecule has 1 aromatic heterocycles. The molecule has 4 aromatic rings. The van der Waals surface area contributed by atoms with Crippen LogP contribution in [0.2, 0.25) is 5.02 Å². The van der Waals surface area contributed by atoms with Crippen molar-refractivity contribution < 1.29 is 8.42 Å². The van der Waals surface area contributed by atoms with Gasteiger partial charge < -0.3 is 0 Å². The lowest BCUT2D eigenvalue weighted by Gasteiger charge is -2.08. The Morgan fingerprint density at radius 1 is 0.862 bits per heavy atom. The molecule has 0 spiro atoms. The highest BCUT2D eigenvalue weighted by atomic mass is 79.9. The average molecular weight is 488 g/mol. The maximum Gasteiger partial charge on any atom is 0.175 e. The Morgan fingerprint density at radius 2 is 1.45 bits per heavy atom. The number of aromatic nitrogens is 2. The van der Waals surface area contributed by atoms with Gasteiger partial charge in [0.1, 0.15) is 0 Å². The summed E-state index contributed by atoms with van der Waals surface area (Å²) in [6.45, 7) is 0. The largest absolute Gasteiger partial charge is 0.232 e. The highest BCUT2D eigenvalue weighted by molar-refractivity contribution is 9.10. The van der Waals surface area contributed by atoms with Gasteiger partial charge in [-0.15, -0.1) is 0 Å². The number of hydrogen-bond donors (Lipinski definition) is 0. The Morgan fingerprint density at radius 3 is 2.03 bits per heavy atom. The molecule has 0 radical (unpaired) electrons. The number of nitrogens with zero attached hydrogens (tertiary/aromatic N) is 2. The average Bonchev–Trinajstić information content (AvgIpc) is 3.14. The maximum absolute atomic E-state index is 11.8. The summed E-state index contributed by atoms with van der Waals surface area (Å²) >= 11 is 9.48. The Labute approximate surface area is 182 Å². The predicted octanol–water partition coefficient (Wildman–Crippen LogP) is 6.03. The van der Waals surface area contributed by atoms with Crippen molar-refractivity contribution in [3.63, 3.8) is 0 Å². The standard InChI is InChI=1S/C22H16BrClN2O2S/c1-29(27,28)20-12-10-19(11-13-20)26-22(16-2-6-17(23)7-3-16)14-21(25-26)15-4-8-18(24)9-5-15/h2-14H,1H3. The van der Waals surface area contributed by atoms with Gasteiger partial charge in [0, 0.05) is 26.9 Å². The minimum absolute atomic E-state index is 0.275. The smallest absolute Gasteiger partial charge is 0.175 e. The van der Waals surface area contributed by atoms with E-state index < -0.39 is 9.84 Å². The van der Waals surface area contributed by atoms with Crippen molar-refractivity contribution in [1.29, 1.82) is 0 Å². The monoisotopic (exact) mass is 486 g/mol. The molecule has 0 aliphatic carbocycles. The van der Waals surface area contributed by atoms with Gasteiger partial charge in [0.05, 0.1) is 22.0 Å². The molecule has 0 fully saturated rings. The first-order valence-electron chi connectivity index (χ1n) is 8.74. The van der Waals surface area contributed by atoms with Crippen LogP contribution in [0.3, 0.4) is 0 Å². The molecular formula is C22H16BrClN2O2S. The number of rotatable bonds is 4. The molecule has 0 saturated carbocycles. The third-order valence-electron chi connectivity index (χ3n) is 4.50. The maximum atomic E-state index is 11.8. The van der Waals surface area contributed by atoms with Crippen LogP contribution in [0.1, 0.15) is 0 Å². The van der Waals surface area contributed by atoms with Crippen LogP contribution in [0.4, 0.5) is 0 Å². The summed E-state index contributed by atoms with van der Waals surface area (Å²) in [5.41, 5.74) is 4.41. The summed E-state index contributed by atoms with van der Waals surface area (Å²) in [7, 11) is -3.26. The minimum atomic E-state index is -3.26. The van der Waals surface area contributed by atoms with Crippen molar-refractivity contribution >= 4 is 37.4 Å². The van der Waals surface area contributed by atoms with E-state index in [2.05, 4.69) is 15.9 Å². The topological polar surface area (TPSA) is 52.0 Å². The van der Waals surface area contributed by atoms with Gasteiger partial charge in [-0.3, -0.25) is 0 Å². The third-order valence-corrected chi connectivity index (χ3v) is 6.41. The van der Waals surface area contributed by atoms with Gasteiger partial charge in [0.15, 0.2) is 9.84 Å². The molecule has 4 rings (SSSR count). The second kappa shape index (κ2) is 7.78. The van der Waals surface area contributed by atoms with Crippen LogP contribution < -0.4 is 0 Å². The van der Waals surface area contributed by atoms with Crippen LogP contribution in [0.5, 0.6) is 0 Å². The summed E-state index contributed by atoms with van der Waals surface area (Å²) < 4.78 is 26.4. The Hall–Kier alpha value is -2.41. The third kappa shape index (κ3) is 4.29. The molecule has 0 N–H and O–H groups in total. The lowest BCUT2D eigenvalue weighted by Crippen LogP contribution is -2.01. The van der Waals surface area contributed by atoms with Gasteiger partial charge in [-0.1, -0.05) is 51.8 Å². The zero-order valence-electron chi connectivity index (χ0n) is 15.4. The molecule has 7 heteroatoms. The fraction of sp³-hybridized carbons (Fsp3) is 0.0455. The molecule has 3 aromatic carbocycles. The Balaban J connectivity index is 1.86. The van der Waals surface area contributed by atoms with Crippen LogP contribution in [0, 0.1) is 0 Å². The van der Waals surface area contributed by atoms with E-state index in [0.29, 0.717) is 5.02 Å². The first kappa shape index (κ1) is 19.9. The van der Waals surface area contributed by atoms with E-state index in [1.165, 1.54) is 6.26 Å². The van der Waals surface area contributed by atoms with Gasteiger partial charge in [-0.2, -0.15) is 5.10 Å². The molecule has 0 bridgehead atoms. The van der Waals surface area contributed by atoms with Gasteiger partial charge in [0.2, 0.25) is 0 Å². The normalized spacial score (nSPS) is 11.6. The molecule has 1 heterocycles. The molecule has 146 valence electrons. The van der Waals surface area contributed by atoms with Crippen LogP contribution >= 0.6 is 27.5 Å². The Bertz CT molecular complexity index is 1260. The fourth-order valence-corrected chi connectivity index (χ4v) is 4.02. The summed E-state index contributed by atoms with van der Waals surface area (Å²) in [5, 5.41) is 5.45. The minimum Gasteiger partial charge on any atom is -0.232 e. The molecule has 0 saturated heterocycles. The van der Waals surface area contributed by atoms with Crippen molar-refractivity contribution in [3.8, 4) is 28.2 Å². The molecule has 0 amide bonds. The van der Waals surface area contributed by atoms with E-state index in [1.54, 1.807) is 24.3 Å². The summed E-state index contributed by atoms with van der Waals surface area (Å²) in [6.07, 6.45) is 1.20. The molecule has 0 aliphatic rings. The lowest BCUT2D eigenvalue weighted by molar-refractivity contribution is 0.602. The summed E-state index contributed by atoms with van der Waals surface area (Å²) in [4.78, 5) is 0.275. The van der Waals surface area contributed by atoms with Crippen molar-refractivity contribution in [1.82, 2.24) is 9.78 Å². The quantitative estimate of drug-likeness (QED) is 0.353. The first-order chi connectivity index (χ1) is 13.8. The van der Waals surface area contributed by atoms with E-state index in [0.717, 1.165) is 32.7 Å². The van der Waals surface area contributed by atoms with Crippen LogP contribution in [-0.2, 0) is 9.84 Å². The van der Waals surface area contributed by atoms with Crippen molar-refractivity contribution in [2.45, 2.75) is 4.90 Å². The van der Waals surface area contributed by atoms with Crippen molar-refractivity contribution in [2.24, 2.45) is 0 Å². The van der Waals surface area contributed by atoms with E-state index in [-0.39, 0.29) is 4.90 Å². The van der Waals surface area contributed by atoms with Gasteiger partial charge in [-0.25, -0.2) is 13.1 Å². The van der Waals surface area contributed by atoms with Crippen LogP contribution in [0.25, 0.3) is 28.2 Å². The molecule has 29 heavy (non-hydrogen) atoms.